The highest BCUT2D eigenvalue weighted by atomic mass is 16.5. The zero-order chi connectivity index (χ0) is 21.0. The van der Waals surface area contributed by atoms with Crippen molar-refractivity contribution in [3.63, 3.8) is 0 Å². The van der Waals surface area contributed by atoms with E-state index in [1.54, 1.807) is 43.5 Å². The summed E-state index contributed by atoms with van der Waals surface area (Å²) in [5, 5.41) is 5.50. The highest BCUT2D eigenvalue weighted by Crippen LogP contribution is 2.33. The van der Waals surface area contributed by atoms with Crippen LogP contribution in [0.15, 0.2) is 48.5 Å². The molecule has 29 heavy (non-hydrogen) atoms. The molecule has 0 saturated carbocycles. The third kappa shape index (κ3) is 3.94. The van der Waals surface area contributed by atoms with E-state index in [1.807, 2.05) is 26.0 Å². The van der Waals surface area contributed by atoms with Crippen molar-refractivity contribution in [1.82, 2.24) is 10.2 Å². The second-order valence-electron chi connectivity index (χ2n) is 6.91. The van der Waals surface area contributed by atoms with Gasteiger partial charge >= 0.3 is 6.03 Å². The quantitative estimate of drug-likeness (QED) is 0.706. The van der Waals surface area contributed by atoms with Crippen molar-refractivity contribution in [3.8, 4) is 5.75 Å². The predicted octanol–water partition coefficient (Wildman–Crippen LogP) is 3.05. The van der Waals surface area contributed by atoms with E-state index in [2.05, 4.69) is 10.6 Å². The van der Waals surface area contributed by atoms with Crippen molar-refractivity contribution in [1.29, 1.82) is 0 Å². The first kappa shape index (κ1) is 20.4. The Morgan fingerprint density at radius 2 is 1.72 bits per heavy atom. The van der Waals surface area contributed by atoms with Gasteiger partial charge in [0.2, 0.25) is 5.91 Å². The Hall–Kier alpha value is -3.35. The van der Waals surface area contributed by atoms with Crippen molar-refractivity contribution in [2.75, 3.05) is 19.0 Å². The van der Waals surface area contributed by atoms with E-state index < -0.39 is 23.4 Å². The van der Waals surface area contributed by atoms with Gasteiger partial charge in [-0.2, -0.15) is 0 Å². The molecule has 1 saturated heterocycles. The molecule has 1 aliphatic rings. The fraction of sp³-hybridized carbons (Fsp3) is 0.318. The standard InChI is InChI=1S/C22H25N3O4/c1-4-15-6-10-17(11-7-15)23-19(26)14-25-20(27)22(5-2,24-21(25)28)16-8-12-18(29-3)13-9-16/h6-13H,4-5,14H2,1-3H3,(H,23,26)(H,24,28)/t22-/m0/s1. The number of anilines is 1. The lowest BCUT2D eigenvalue weighted by Crippen LogP contribution is -2.44. The molecule has 7 heteroatoms. The van der Waals surface area contributed by atoms with E-state index in [-0.39, 0.29) is 6.54 Å². The van der Waals surface area contributed by atoms with Gasteiger partial charge in [-0.3, -0.25) is 14.5 Å². The van der Waals surface area contributed by atoms with Crippen LogP contribution in [0.25, 0.3) is 0 Å². The van der Waals surface area contributed by atoms with Crippen molar-refractivity contribution < 1.29 is 19.1 Å². The summed E-state index contributed by atoms with van der Waals surface area (Å²) in [6, 6.07) is 13.8. The van der Waals surface area contributed by atoms with Crippen LogP contribution in [0, 0.1) is 0 Å². The molecule has 1 atom stereocenters. The van der Waals surface area contributed by atoms with Gasteiger partial charge in [0.05, 0.1) is 7.11 Å². The lowest BCUT2D eigenvalue weighted by molar-refractivity contribution is -0.134. The molecule has 7 nitrogen and oxygen atoms in total. The molecule has 1 aliphatic heterocycles. The summed E-state index contributed by atoms with van der Waals surface area (Å²) in [5.74, 6) is -0.215. The van der Waals surface area contributed by atoms with Gasteiger partial charge in [0.25, 0.3) is 5.91 Å². The van der Waals surface area contributed by atoms with Crippen molar-refractivity contribution in [2.24, 2.45) is 0 Å². The summed E-state index contributed by atoms with van der Waals surface area (Å²) in [5.41, 5.74) is 1.24. The van der Waals surface area contributed by atoms with Gasteiger partial charge in [0.15, 0.2) is 0 Å². The Labute approximate surface area is 170 Å². The summed E-state index contributed by atoms with van der Waals surface area (Å²) in [6.07, 6.45) is 1.27. The van der Waals surface area contributed by atoms with Crippen LogP contribution in [0.4, 0.5) is 10.5 Å². The number of urea groups is 1. The van der Waals surface area contributed by atoms with Crippen LogP contribution in [0.3, 0.4) is 0 Å². The molecule has 0 spiro atoms. The number of nitrogens with zero attached hydrogens (tertiary/aromatic N) is 1. The van der Waals surface area contributed by atoms with Crippen LogP contribution >= 0.6 is 0 Å². The maximum absolute atomic E-state index is 13.1. The number of aryl methyl sites for hydroxylation is 1. The van der Waals surface area contributed by atoms with E-state index in [4.69, 9.17) is 4.74 Å². The summed E-state index contributed by atoms with van der Waals surface area (Å²) in [7, 11) is 1.56. The molecule has 2 aromatic rings. The maximum atomic E-state index is 13.1. The number of nitrogens with one attached hydrogen (secondary N) is 2. The SMILES string of the molecule is CCc1ccc(NC(=O)CN2C(=O)N[C@@](CC)(c3ccc(OC)cc3)C2=O)cc1. The number of rotatable bonds is 7. The number of amides is 4. The lowest BCUT2D eigenvalue weighted by atomic mass is 9.87. The second kappa shape index (κ2) is 8.34. The molecular weight excluding hydrogens is 370 g/mol. The van der Waals surface area contributed by atoms with Gasteiger partial charge in [0, 0.05) is 5.69 Å². The van der Waals surface area contributed by atoms with E-state index >= 15 is 0 Å². The summed E-state index contributed by atoms with van der Waals surface area (Å²) in [4.78, 5) is 39.0. The molecular formula is C22H25N3O4. The molecule has 2 aromatic carbocycles. The van der Waals surface area contributed by atoms with E-state index in [0.29, 0.717) is 23.4 Å². The largest absolute Gasteiger partial charge is 0.497 e. The molecule has 4 amide bonds. The predicted molar refractivity (Wildman–Crippen MR) is 110 cm³/mol. The molecule has 1 fully saturated rings. The minimum absolute atomic E-state index is 0.349. The van der Waals surface area contributed by atoms with Gasteiger partial charge in [-0.05, 0) is 48.2 Å². The number of benzene rings is 2. The van der Waals surface area contributed by atoms with Crippen LogP contribution in [0.1, 0.15) is 31.4 Å². The molecule has 152 valence electrons. The number of ether oxygens (including phenoxy) is 1. The van der Waals surface area contributed by atoms with Crippen LogP contribution < -0.4 is 15.4 Å². The van der Waals surface area contributed by atoms with E-state index in [0.717, 1.165) is 16.9 Å². The van der Waals surface area contributed by atoms with Crippen molar-refractivity contribution in [2.45, 2.75) is 32.2 Å². The fourth-order valence-corrected chi connectivity index (χ4v) is 3.45. The Kier molecular flexibility index (Phi) is 5.87. The van der Waals surface area contributed by atoms with Crippen molar-refractivity contribution >= 4 is 23.5 Å². The monoisotopic (exact) mass is 395 g/mol. The van der Waals surface area contributed by atoms with Gasteiger partial charge < -0.3 is 15.4 Å². The first-order valence-electron chi connectivity index (χ1n) is 9.61. The van der Waals surface area contributed by atoms with Gasteiger partial charge in [-0.1, -0.05) is 38.1 Å². The van der Waals surface area contributed by atoms with E-state index in [9.17, 15) is 14.4 Å². The summed E-state index contributed by atoms with van der Waals surface area (Å²) in [6.45, 7) is 3.52. The minimum Gasteiger partial charge on any atom is -0.497 e. The Bertz CT molecular complexity index is 909. The molecule has 2 N–H and O–H groups in total. The average molecular weight is 395 g/mol. The third-order valence-electron chi connectivity index (χ3n) is 5.24. The number of hydrogen-bond acceptors (Lipinski definition) is 4. The number of methoxy groups -OCH3 is 1. The van der Waals surface area contributed by atoms with Crippen molar-refractivity contribution in [3.05, 3.63) is 59.7 Å². The van der Waals surface area contributed by atoms with E-state index in [1.165, 1.54) is 0 Å². The molecule has 0 bridgehead atoms. The topological polar surface area (TPSA) is 87.7 Å². The molecule has 0 aromatic heterocycles. The number of carbonyl (C=O) groups excluding carboxylic acids is 3. The second-order valence-corrected chi connectivity index (χ2v) is 6.91. The average Bonchev–Trinajstić information content (AvgIpc) is 2.99. The summed E-state index contributed by atoms with van der Waals surface area (Å²) < 4.78 is 5.16. The zero-order valence-electron chi connectivity index (χ0n) is 16.8. The number of carbonyl (C=O) groups is 3. The smallest absolute Gasteiger partial charge is 0.325 e. The van der Waals surface area contributed by atoms with Crippen LogP contribution in [-0.2, 0) is 21.5 Å². The lowest BCUT2D eigenvalue weighted by Gasteiger charge is -2.26. The molecule has 0 radical (unpaired) electrons. The first-order valence-corrected chi connectivity index (χ1v) is 9.61. The summed E-state index contributed by atoms with van der Waals surface area (Å²) >= 11 is 0. The van der Waals surface area contributed by atoms with Crippen LogP contribution in [-0.4, -0.2) is 36.4 Å². The zero-order valence-corrected chi connectivity index (χ0v) is 16.8. The third-order valence-corrected chi connectivity index (χ3v) is 5.24. The van der Waals surface area contributed by atoms with Gasteiger partial charge in [0.1, 0.15) is 17.8 Å². The van der Waals surface area contributed by atoms with Gasteiger partial charge in [-0.25, -0.2) is 4.79 Å². The molecule has 3 rings (SSSR count). The Balaban J connectivity index is 1.75. The molecule has 1 heterocycles. The fourth-order valence-electron chi connectivity index (χ4n) is 3.45. The highest BCUT2D eigenvalue weighted by Gasteiger charge is 2.51. The van der Waals surface area contributed by atoms with Gasteiger partial charge in [-0.15, -0.1) is 0 Å². The number of hydrogen-bond donors (Lipinski definition) is 2. The van der Waals surface area contributed by atoms with Crippen LogP contribution in [0.5, 0.6) is 5.75 Å². The molecule has 0 unspecified atom stereocenters. The highest BCUT2D eigenvalue weighted by molar-refractivity contribution is 6.10. The Morgan fingerprint density at radius 3 is 2.28 bits per heavy atom. The number of imide groups is 1. The van der Waals surface area contributed by atoms with Crippen LogP contribution in [0.2, 0.25) is 0 Å². The first-order chi connectivity index (χ1) is 13.9. The normalized spacial score (nSPS) is 18.5. The Morgan fingerprint density at radius 1 is 1.07 bits per heavy atom. The maximum Gasteiger partial charge on any atom is 0.325 e. The molecule has 0 aliphatic carbocycles. The minimum atomic E-state index is -1.19.